The summed E-state index contributed by atoms with van der Waals surface area (Å²) < 4.78 is 0. The molecule has 14 heavy (non-hydrogen) atoms. The second kappa shape index (κ2) is 4.26. The highest BCUT2D eigenvalue weighted by Crippen LogP contribution is 2.26. The highest BCUT2D eigenvalue weighted by molar-refractivity contribution is 7.97. The molecule has 0 saturated carbocycles. The van der Waals surface area contributed by atoms with Crippen molar-refractivity contribution in [1.82, 2.24) is 4.98 Å². The van der Waals surface area contributed by atoms with Crippen LogP contribution in [0.1, 0.15) is 0 Å². The van der Waals surface area contributed by atoms with Crippen LogP contribution in [0.15, 0.2) is 53.6 Å². The Morgan fingerprint density at radius 1 is 1.00 bits per heavy atom. The van der Waals surface area contributed by atoms with E-state index in [-0.39, 0.29) is 0 Å². The first-order valence-electron chi connectivity index (χ1n) is 4.29. The highest BCUT2D eigenvalue weighted by atomic mass is 32.2. The van der Waals surface area contributed by atoms with Gasteiger partial charge in [0.2, 0.25) is 0 Å². The van der Waals surface area contributed by atoms with Crippen LogP contribution in [0.5, 0.6) is 0 Å². The third-order valence-corrected chi connectivity index (χ3v) is 2.56. The highest BCUT2D eigenvalue weighted by Gasteiger charge is 2.03. The lowest BCUT2D eigenvalue weighted by molar-refractivity contribution is 1.29. The summed E-state index contributed by atoms with van der Waals surface area (Å²) in [6.07, 6.45) is 1.79. The van der Waals surface area contributed by atoms with Crippen LogP contribution in [0.25, 0.3) is 11.3 Å². The van der Waals surface area contributed by atoms with Gasteiger partial charge in [-0.3, -0.25) is 10.1 Å². The maximum absolute atomic E-state index is 5.58. The minimum atomic E-state index is 0.959. The van der Waals surface area contributed by atoms with Crippen LogP contribution in [0, 0.1) is 0 Å². The van der Waals surface area contributed by atoms with Crippen LogP contribution in [-0.4, -0.2) is 4.98 Å². The van der Waals surface area contributed by atoms with Gasteiger partial charge in [0.05, 0.1) is 5.69 Å². The summed E-state index contributed by atoms with van der Waals surface area (Å²) in [4.78, 5) is 5.34. The van der Waals surface area contributed by atoms with Crippen LogP contribution in [-0.2, 0) is 0 Å². The molecule has 0 radical (unpaired) electrons. The van der Waals surface area contributed by atoms with Crippen molar-refractivity contribution in [2.75, 3.05) is 0 Å². The average molecular weight is 202 g/mol. The summed E-state index contributed by atoms with van der Waals surface area (Å²) in [7, 11) is 0. The van der Waals surface area contributed by atoms with Crippen molar-refractivity contribution in [1.29, 1.82) is 0 Å². The minimum Gasteiger partial charge on any atom is -0.274 e. The minimum absolute atomic E-state index is 0.959. The number of hydrogen-bond donors (Lipinski definition) is 1. The van der Waals surface area contributed by atoms with Crippen molar-refractivity contribution < 1.29 is 0 Å². The smallest absolute Gasteiger partial charge is 0.0713 e. The Bertz CT molecular complexity index is 415. The van der Waals surface area contributed by atoms with Gasteiger partial charge >= 0.3 is 0 Å². The molecular formula is C11H10N2S. The van der Waals surface area contributed by atoms with Gasteiger partial charge in [-0.1, -0.05) is 24.3 Å². The first-order valence-corrected chi connectivity index (χ1v) is 5.17. The van der Waals surface area contributed by atoms with E-state index in [9.17, 15) is 0 Å². The predicted molar refractivity (Wildman–Crippen MR) is 59.7 cm³/mol. The fourth-order valence-corrected chi connectivity index (χ4v) is 1.76. The monoisotopic (exact) mass is 202 g/mol. The molecule has 0 aliphatic rings. The van der Waals surface area contributed by atoms with Gasteiger partial charge in [0.15, 0.2) is 0 Å². The Labute approximate surface area is 87.3 Å². The average Bonchev–Trinajstić information content (AvgIpc) is 2.30. The summed E-state index contributed by atoms with van der Waals surface area (Å²) in [5, 5.41) is 5.58. The molecule has 0 bridgehead atoms. The van der Waals surface area contributed by atoms with Gasteiger partial charge in [-0.25, -0.2) is 0 Å². The summed E-state index contributed by atoms with van der Waals surface area (Å²) in [6.45, 7) is 0. The second-order valence-electron chi connectivity index (χ2n) is 2.83. The third-order valence-electron chi connectivity index (χ3n) is 1.95. The number of nitrogens with two attached hydrogens (primary N) is 1. The van der Waals surface area contributed by atoms with Crippen molar-refractivity contribution in [3.05, 3.63) is 48.7 Å². The molecular weight excluding hydrogens is 192 g/mol. The Morgan fingerprint density at radius 3 is 2.50 bits per heavy atom. The van der Waals surface area contributed by atoms with E-state index in [2.05, 4.69) is 4.98 Å². The van der Waals surface area contributed by atoms with Crippen molar-refractivity contribution in [3.63, 3.8) is 0 Å². The molecule has 1 aromatic carbocycles. The zero-order valence-corrected chi connectivity index (χ0v) is 8.37. The van der Waals surface area contributed by atoms with Crippen LogP contribution >= 0.6 is 11.9 Å². The number of rotatable bonds is 2. The summed E-state index contributed by atoms with van der Waals surface area (Å²) in [6, 6.07) is 13.8. The standard InChI is InChI=1S/C11H10N2S/c12-14-11-7-2-1-5-9(11)10-6-3-4-8-13-10/h1-8H,12H2. The lowest BCUT2D eigenvalue weighted by Crippen LogP contribution is -1.87. The molecule has 1 heterocycles. The molecule has 70 valence electrons. The topological polar surface area (TPSA) is 38.9 Å². The van der Waals surface area contributed by atoms with Crippen LogP contribution in [0.2, 0.25) is 0 Å². The largest absolute Gasteiger partial charge is 0.274 e. The van der Waals surface area contributed by atoms with E-state index < -0.39 is 0 Å². The molecule has 0 atom stereocenters. The SMILES string of the molecule is NSc1ccccc1-c1ccccn1. The van der Waals surface area contributed by atoms with Gasteiger partial charge in [0.1, 0.15) is 0 Å². The summed E-state index contributed by atoms with van der Waals surface area (Å²) >= 11 is 1.25. The van der Waals surface area contributed by atoms with E-state index >= 15 is 0 Å². The molecule has 2 rings (SSSR count). The number of pyridine rings is 1. The molecule has 0 fully saturated rings. The van der Waals surface area contributed by atoms with Crippen molar-refractivity contribution in [3.8, 4) is 11.3 Å². The van der Waals surface area contributed by atoms with Gasteiger partial charge in [-0.2, -0.15) is 0 Å². The first kappa shape index (κ1) is 9.24. The van der Waals surface area contributed by atoms with Crippen molar-refractivity contribution in [2.45, 2.75) is 4.90 Å². The lowest BCUT2D eigenvalue weighted by atomic mass is 10.1. The molecule has 0 amide bonds. The predicted octanol–water partition coefficient (Wildman–Crippen LogP) is 2.71. The van der Waals surface area contributed by atoms with Gasteiger partial charge in [-0.15, -0.1) is 0 Å². The normalized spacial score (nSPS) is 10.1. The summed E-state index contributed by atoms with van der Waals surface area (Å²) in [5.74, 6) is 0. The van der Waals surface area contributed by atoms with Gasteiger partial charge in [-0.05, 0) is 30.1 Å². The lowest BCUT2D eigenvalue weighted by Gasteiger charge is -2.04. The maximum Gasteiger partial charge on any atom is 0.0713 e. The van der Waals surface area contributed by atoms with E-state index in [1.807, 2.05) is 42.5 Å². The van der Waals surface area contributed by atoms with Crippen LogP contribution in [0.4, 0.5) is 0 Å². The molecule has 0 unspecified atom stereocenters. The fraction of sp³-hybridized carbons (Fsp3) is 0. The Hall–Kier alpha value is -1.32. The fourth-order valence-electron chi connectivity index (χ4n) is 1.30. The molecule has 3 heteroatoms. The molecule has 2 aromatic rings. The third kappa shape index (κ3) is 1.78. The zero-order valence-electron chi connectivity index (χ0n) is 7.55. The molecule has 1 aromatic heterocycles. The molecule has 0 spiro atoms. The number of aromatic nitrogens is 1. The van der Waals surface area contributed by atoms with Gasteiger partial charge in [0.25, 0.3) is 0 Å². The van der Waals surface area contributed by atoms with E-state index in [0.29, 0.717) is 0 Å². The quantitative estimate of drug-likeness (QED) is 0.761. The van der Waals surface area contributed by atoms with Crippen molar-refractivity contribution in [2.24, 2.45) is 5.14 Å². The molecule has 0 aliphatic carbocycles. The Balaban J connectivity index is 2.51. The molecule has 0 aliphatic heterocycles. The van der Waals surface area contributed by atoms with E-state index in [1.165, 1.54) is 11.9 Å². The maximum atomic E-state index is 5.58. The summed E-state index contributed by atoms with van der Waals surface area (Å²) in [5.41, 5.74) is 2.04. The Morgan fingerprint density at radius 2 is 1.79 bits per heavy atom. The van der Waals surface area contributed by atoms with Gasteiger partial charge in [0, 0.05) is 16.7 Å². The first-order chi connectivity index (χ1) is 6.92. The number of benzene rings is 1. The Kier molecular flexibility index (Phi) is 2.81. The number of nitrogens with zero attached hydrogens (tertiary/aromatic N) is 1. The van der Waals surface area contributed by atoms with Crippen molar-refractivity contribution >= 4 is 11.9 Å². The molecule has 2 nitrogen and oxygen atoms in total. The second-order valence-corrected chi connectivity index (χ2v) is 3.50. The van der Waals surface area contributed by atoms with Crippen LogP contribution in [0.3, 0.4) is 0 Å². The van der Waals surface area contributed by atoms with E-state index in [0.717, 1.165) is 16.2 Å². The van der Waals surface area contributed by atoms with Crippen LogP contribution < -0.4 is 5.14 Å². The zero-order chi connectivity index (χ0) is 9.80. The molecule has 0 saturated heterocycles. The van der Waals surface area contributed by atoms with Gasteiger partial charge < -0.3 is 0 Å². The number of hydrogen-bond acceptors (Lipinski definition) is 3. The molecule has 2 N–H and O–H groups in total. The van der Waals surface area contributed by atoms with E-state index in [4.69, 9.17) is 5.14 Å². The van der Waals surface area contributed by atoms with E-state index in [1.54, 1.807) is 6.20 Å².